The van der Waals surface area contributed by atoms with Gasteiger partial charge >= 0.3 is 0 Å². The lowest BCUT2D eigenvalue weighted by atomic mass is 10.1. The van der Waals surface area contributed by atoms with Crippen molar-refractivity contribution >= 4 is 35.0 Å². The average molecular weight is 287 g/mol. The van der Waals surface area contributed by atoms with Gasteiger partial charge in [-0.25, -0.2) is 0 Å². The molecular formula is C13H19ClN2OS. The van der Waals surface area contributed by atoms with E-state index in [0.29, 0.717) is 16.3 Å². The number of halogens is 1. The molecule has 1 atom stereocenters. The zero-order chi connectivity index (χ0) is 13.5. The maximum Gasteiger partial charge on any atom is 0.251 e. The minimum atomic E-state index is -0.106. The van der Waals surface area contributed by atoms with E-state index >= 15 is 0 Å². The number of benzene rings is 1. The summed E-state index contributed by atoms with van der Waals surface area (Å²) in [6.07, 6.45) is 0.965. The lowest BCUT2D eigenvalue weighted by molar-refractivity contribution is 0.0939. The van der Waals surface area contributed by atoms with Crippen LogP contribution in [0.5, 0.6) is 0 Å². The molecule has 3 N–H and O–H groups in total. The van der Waals surface area contributed by atoms with Gasteiger partial charge < -0.3 is 11.1 Å². The Bertz CT molecular complexity index is 412. The maximum absolute atomic E-state index is 11.9. The van der Waals surface area contributed by atoms with Crippen LogP contribution in [0.2, 0.25) is 5.02 Å². The molecule has 0 saturated carbocycles. The standard InChI is InChI=1S/C13H19ClN2OS/c1-3-18-7-6-9(2)16-13(17)10-4-5-12(15)11(14)8-10/h4-5,8-9H,3,6-7,15H2,1-2H3,(H,16,17). The molecule has 0 aromatic heterocycles. The highest BCUT2D eigenvalue weighted by Gasteiger charge is 2.10. The van der Waals surface area contributed by atoms with E-state index in [9.17, 15) is 4.79 Å². The Hall–Kier alpha value is -0.870. The number of rotatable bonds is 6. The molecule has 1 aromatic carbocycles. The van der Waals surface area contributed by atoms with Crippen molar-refractivity contribution < 1.29 is 4.79 Å². The molecule has 1 aromatic rings. The highest BCUT2D eigenvalue weighted by Crippen LogP contribution is 2.19. The lowest BCUT2D eigenvalue weighted by Crippen LogP contribution is -2.32. The van der Waals surface area contributed by atoms with Gasteiger partial charge in [0.25, 0.3) is 5.91 Å². The predicted molar refractivity (Wildman–Crippen MR) is 80.4 cm³/mol. The van der Waals surface area contributed by atoms with E-state index in [-0.39, 0.29) is 11.9 Å². The summed E-state index contributed by atoms with van der Waals surface area (Å²) in [4.78, 5) is 11.9. The first kappa shape index (κ1) is 15.2. The van der Waals surface area contributed by atoms with Crippen LogP contribution in [0.25, 0.3) is 0 Å². The smallest absolute Gasteiger partial charge is 0.251 e. The van der Waals surface area contributed by atoms with E-state index in [2.05, 4.69) is 12.2 Å². The van der Waals surface area contributed by atoms with Crippen LogP contribution in [0.15, 0.2) is 18.2 Å². The summed E-state index contributed by atoms with van der Waals surface area (Å²) >= 11 is 7.76. The first-order valence-electron chi connectivity index (χ1n) is 5.98. The number of nitrogens with one attached hydrogen (secondary N) is 1. The van der Waals surface area contributed by atoms with Crippen molar-refractivity contribution in [2.45, 2.75) is 26.3 Å². The van der Waals surface area contributed by atoms with Gasteiger partial charge in [0, 0.05) is 11.6 Å². The van der Waals surface area contributed by atoms with E-state index in [1.165, 1.54) is 0 Å². The quantitative estimate of drug-likeness (QED) is 0.624. The van der Waals surface area contributed by atoms with Gasteiger partial charge in [0.1, 0.15) is 0 Å². The van der Waals surface area contributed by atoms with Crippen molar-refractivity contribution in [3.63, 3.8) is 0 Å². The Morgan fingerprint density at radius 3 is 2.89 bits per heavy atom. The van der Waals surface area contributed by atoms with E-state index in [4.69, 9.17) is 17.3 Å². The first-order valence-corrected chi connectivity index (χ1v) is 7.51. The van der Waals surface area contributed by atoms with Crippen LogP contribution in [-0.2, 0) is 0 Å². The number of nitrogens with two attached hydrogens (primary N) is 1. The van der Waals surface area contributed by atoms with Crippen molar-refractivity contribution in [2.75, 3.05) is 17.2 Å². The maximum atomic E-state index is 11.9. The van der Waals surface area contributed by atoms with Crippen LogP contribution in [-0.4, -0.2) is 23.5 Å². The Balaban J connectivity index is 2.51. The van der Waals surface area contributed by atoms with Crippen molar-refractivity contribution in [3.8, 4) is 0 Å². The number of hydrogen-bond donors (Lipinski definition) is 2. The van der Waals surface area contributed by atoms with Crippen LogP contribution in [0.1, 0.15) is 30.6 Å². The van der Waals surface area contributed by atoms with Gasteiger partial charge in [0.2, 0.25) is 0 Å². The average Bonchev–Trinajstić information content (AvgIpc) is 2.33. The molecule has 5 heteroatoms. The van der Waals surface area contributed by atoms with Gasteiger partial charge in [-0.05, 0) is 43.0 Å². The van der Waals surface area contributed by atoms with E-state index < -0.39 is 0 Å². The fourth-order valence-corrected chi connectivity index (χ4v) is 2.44. The molecule has 0 spiro atoms. The Kier molecular flexibility index (Phi) is 6.36. The molecule has 0 aliphatic heterocycles. The molecule has 0 heterocycles. The number of carbonyl (C=O) groups is 1. The second-order valence-corrected chi connectivity index (χ2v) is 5.90. The number of amides is 1. The molecule has 1 unspecified atom stereocenters. The zero-order valence-corrected chi connectivity index (χ0v) is 12.3. The summed E-state index contributed by atoms with van der Waals surface area (Å²) in [7, 11) is 0. The molecule has 1 rings (SSSR count). The van der Waals surface area contributed by atoms with Gasteiger partial charge in [-0.3, -0.25) is 4.79 Å². The molecule has 0 fully saturated rings. The molecule has 0 saturated heterocycles. The lowest BCUT2D eigenvalue weighted by Gasteiger charge is -2.13. The van der Waals surface area contributed by atoms with Gasteiger partial charge in [-0.1, -0.05) is 18.5 Å². The highest BCUT2D eigenvalue weighted by molar-refractivity contribution is 7.99. The van der Waals surface area contributed by atoms with Gasteiger partial charge in [0.05, 0.1) is 10.7 Å². The second kappa shape index (κ2) is 7.54. The van der Waals surface area contributed by atoms with Crippen molar-refractivity contribution in [1.82, 2.24) is 5.32 Å². The minimum absolute atomic E-state index is 0.106. The summed E-state index contributed by atoms with van der Waals surface area (Å²) in [5.74, 6) is 2.06. The fraction of sp³-hybridized carbons (Fsp3) is 0.462. The Morgan fingerprint density at radius 1 is 1.56 bits per heavy atom. The van der Waals surface area contributed by atoms with Gasteiger partial charge in [-0.15, -0.1) is 0 Å². The minimum Gasteiger partial charge on any atom is -0.398 e. The number of carbonyl (C=O) groups excluding carboxylic acids is 1. The molecule has 1 amide bonds. The van der Waals surface area contributed by atoms with Crippen LogP contribution in [0.4, 0.5) is 5.69 Å². The second-order valence-electron chi connectivity index (χ2n) is 4.10. The summed E-state index contributed by atoms with van der Waals surface area (Å²) in [6.45, 7) is 4.14. The Labute approximate surface area is 117 Å². The van der Waals surface area contributed by atoms with Crippen LogP contribution >= 0.6 is 23.4 Å². The summed E-state index contributed by atoms with van der Waals surface area (Å²) in [6, 6.07) is 5.09. The third kappa shape index (κ3) is 4.78. The highest BCUT2D eigenvalue weighted by atomic mass is 35.5. The van der Waals surface area contributed by atoms with E-state index in [0.717, 1.165) is 17.9 Å². The third-order valence-electron chi connectivity index (χ3n) is 2.54. The zero-order valence-electron chi connectivity index (χ0n) is 10.7. The molecule has 0 radical (unpaired) electrons. The number of anilines is 1. The molecular weight excluding hydrogens is 268 g/mol. The largest absolute Gasteiger partial charge is 0.398 e. The Morgan fingerprint density at radius 2 is 2.28 bits per heavy atom. The van der Waals surface area contributed by atoms with Crippen molar-refractivity contribution in [3.05, 3.63) is 28.8 Å². The van der Waals surface area contributed by atoms with Crippen LogP contribution in [0, 0.1) is 0 Å². The van der Waals surface area contributed by atoms with Crippen molar-refractivity contribution in [1.29, 1.82) is 0 Å². The number of hydrogen-bond acceptors (Lipinski definition) is 3. The number of nitrogen functional groups attached to an aromatic ring is 1. The summed E-state index contributed by atoms with van der Waals surface area (Å²) < 4.78 is 0. The molecule has 0 aliphatic carbocycles. The van der Waals surface area contributed by atoms with E-state index in [1.807, 2.05) is 18.7 Å². The molecule has 100 valence electrons. The molecule has 0 aliphatic rings. The SMILES string of the molecule is CCSCCC(C)NC(=O)c1ccc(N)c(Cl)c1. The number of thioether (sulfide) groups is 1. The molecule has 18 heavy (non-hydrogen) atoms. The summed E-state index contributed by atoms with van der Waals surface area (Å²) in [5, 5.41) is 3.36. The summed E-state index contributed by atoms with van der Waals surface area (Å²) in [5.41, 5.74) is 6.64. The van der Waals surface area contributed by atoms with Gasteiger partial charge in [-0.2, -0.15) is 11.8 Å². The van der Waals surface area contributed by atoms with Gasteiger partial charge in [0.15, 0.2) is 0 Å². The first-order chi connectivity index (χ1) is 8.54. The predicted octanol–water partition coefficient (Wildman–Crippen LogP) is 3.18. The van der Waals surface area contributed by atoms with E-state index in [1.54, 1.807) is 18.2 Å². The third-order valence-corrected chi connectivity index (χ3v) is 3.80. The van der Waals surface area contributed by atoms with Crippen LogP contribution < -0.4 is 11.1 Å². The normalized spacial score (nSPS) is 12.2. The molecule has 3 nitrogen and oxygen atoms in total. The monoisotopic (exact) mass is 286 g/mol. The van der Waals surface area contributed by atoms with Crippen molar-refractivity contribution in [2.24, 2.45) is 0 Å². The molecule has 0 bridgehead atoms. The van der Waals surface area contributed by atoms with Crippen LogP contribution in [0.3, 0.4) is 0 Å². The topological polar surface area (TPSA) is 55.1 Å². The fourth-order valence-electron chi connectivity index (χ4n) is 1.45.